The monoisotopic (exact) mass is 298 g/mol. The van der Waals surface area contributed by atoms with Crippen molar-refractivity contribution in [3.05, 3.63) is 65.4 Å². The predicted octanol–water partition coefficient (Wildman–Crippen LogP) is 3.56. The van der Waals surface area contributed by atoms with Crippen molar-refractivity contribution in [1.29, 1.82) is 0 Å². The fourth-order valence-electron chi connectivity index (χ4n) is 2.25. The molecule has 2 aromatic heterocycles. The van der Waals surface area contributed by atoms with Crippen molar-refractivity contribution >= 4 is 11.4 Å². The molecule has 0 N–H and O–H groups in total. The summed E-state index contributed by atoms with van der Waals surface area (Å²) < 4.78 is 21.2. The number of carbonyl (C=O) groups excluding carboxylic acids is 1. The quantitative estimate of drug-likeness (QED) is 0.692. The minimum Gasteiger partial charge on any atom is -0.487 e. The average molecular weight is 298 g/mol. The number of halogens is 1. The maximum Gasteiger partial charge on any atom is 0.162 e. The molecule has 0 radical (unpaired) electrons. The van der Waals surface area contributed by atoms with Crippen LogP contribution in [0.3, 0.4) is 0 Å². The number of benzene rings is 1. The second kappa shape index (κ2) is 5.60. The second-order valence-electron chi connectivity index (χ2n) is 5.19. The van der Waals surface area contributed by atoms with E-state index in [0.29, 0.717) is 5.75 Å². The predicted molar refractivity (Wildman–Crippen MR) is 80.7 cm³/mol. The van der Waals surface area contributed by atoms with Crippen LogP contribution in [0.2, 0.25) is 0 Å². The van der Waals surface area contributed by atoms with Crippen molar-refractivity contribution in [2.24, 2.45) is 0 Å². The van der Waals surface area contributed by atoms with Crippen molar-refractivity contribution in [2.45, 2.75) is 20.5 Å². The summed E-state index contributed by atoms with van der Waals surface area (Å²) in [6.07, 6.45) is 3.86. The summed E-state index contributed by atoms with van der Waals surface area (Å²) in [5.41, 5.74) is 2.79. The SMILES string of the molecule is CC(=O)c1ccc(OCc2cn3cc(C)ccc3n2)cc1F. The summed E-state index contributed by atoms with van der Waals surface area (Å²) >= 11 is 0. The molecule has 5 heteroatoms. The molecule has 0 saturated heterocycles. The first-order valence-electron chi connectivity index (χ1n) is 6.90. The van der Waals surface area contributed by atoms with Crippen LogP contribution in [-0.2, 0) is 6.61 Å². The number of rotatable bonds is 4. The van der Waals surface area contributed by atoms with Crippen LogP contribution in [0.4, 0.5) is 4.39 Å². The van der Waals surface area contributed by atoms with Gasteiger partial charge in [-0.15, -0.1) is 0 Å². The Kier molecular flexibility index (Phi) is 3.63. The number of carbonyl (C=O) groups is 1. The Morgan fingerprint density at radius 2 is 2.09 bits per heavy atom. The molecule has 2 heterocycles. The molecular formula is C17H15FN2O2. The average Bonchev–Trinajstić information content (AvgIpc) is 2.86. The molecule has 1 aromatic carbocycles. The number of Topliss-reactive ketones (excluding diaryl/α,β-unsaturated/α-hetero) is 1. The van der Waals surface area contributed by atoms with Crippen LogP contribution in [0, 0.1) is 12.7 Å². The van der Waals surface area contributed by atoms with Gasteiger partial charge in [-0.3, -0.25) is 4.79 Å². The summed E-state index contributed by atoms with van der Waals surface area (Å²) in [5.74, 6) is -0.508. The highest BCUT2D eigenvalue weighted by Gasteiger charge is 2.09. The Hall–Kier alpha value is -2.69. The smallest absolute Gasteiger partial charge is 0.162 e. The molecule has 0 bridgehead atoms. The van der Waals surface area contributed by atoms with Gasteiger partial charge in [-0.2, -0.15) is 0 Å². The molecule has 0 atom stereocenters. The number of aromatic nitrogens is 2. The molecule has 3 aromatic rings. The molecule has 4 nitrogen and oxygen atoms in total. The van der Waals surface area contributed by atoms with Crippen LogP contribution < -0.4 is 4.74 Å². The largest absolute Gasteiger partial charge is 0.487 e. The number of ketones is 1. The highest BCUT2D eigenvalue weighted by atomic mass is 19.1. The summed E-state index contributed by atoms with van der Waals surface area (Å²) in [6.45, 7) is 3.58. The van der Waals surface area contributed by atoms with Crippen molar-refractivity contribution < 1.29 is 13.9 Å². The van der Waals surface area contributed by atoms with Crippen molar-refractivity contribution in [3.63, 3.8) is 0 Å². The van der Waals surface area contributed by atoms with Gasteiger partial charge in [0.25, 0.3) is 0 Å². The maximum absolute atomic E-state index is 13.7. The number of hydrogen-bond acceptors (Lipinski definition) is 3. The van der Waals surface area contributed by atoms with Crippen LogP contribution >= 0.6 is 0 Å². The molecule has 0 fully saturated rings. The van der Waals surface area contributed by atoms with E-state index < -0.39 is 5.82 Å². The van der Waals surface area contributed by atoms with Gasteiger partial charge < -0.3 is 9.14 Å². The first-order valence-corrected chi connectivity index (χ1v) is 6.90. The van der Waals surface area contributed by atoms with Crippen LogP contribution in [-0.4, -0.2) is 15.2 Å². The van der Waals surface area contributed by atoms with Gasteiger partial charge in [-0.05, 0) is 37.6 Å². The van der Waals surface area contributed by atoms with E-state index in [9.17, 15) is 9.18 Å². The Morgan fingerprint density at radius 1 is 1.27 bits per heavy atom. The normalized spacial score (nSPS) is 10.9. The van der Waals surface area contributed by atoms with E-state index in [2.05, 4.69) is 4.98 Å². The zero-order chi connectivity index (χ0) is 15.7. The van der Waals surface area contributed by atoms with E-state index in [0.717, 1.165) is 16.9 Å². The number of nitrogens with zero attached hydrogens (tertiary/aromatic N) is 2. The summed E-state index contributed by atoms with van der Waals surface area (Å²) in [6, 6.07) is 8.15. The zero-order valence-corrected chi connectivity index (χ0v) is 12.3. The van der Waals surface area contributed by atoms with Gasteiger partial charge in [0, 0.05) is 18.5 Å². The van der Waals surface area contributed by atoms with Crippen LogP contribution in [0.1, 0.15) is 28.5 Å². The molecule has 0 spiro atoms. The number of aryl methyl sites for hydroxylation is 1. The third-order valence-electron chi connectivity index (χ3n) is 3.36. The lowest BCUT2D eigenvalue weighted by atomic mass is 10.1. The van der Waals surface area contributed by atoms with Crippen LogP contribution in [0.5, 0.6) is 5.75 Å². The van der Waals surface area contributed by atoms with Crippen molar-refractivity contribution in [3.8, 4) is 5.75 Å². The fourth-order valence-corrected chi connectivity index (χ4v) is 2.25. The van der Waals surface area contributed by atoms with E-state index >= 15 is 0 Å². The molecule has 0 aliphatic rings. The van der Waals surface area contributed by atoms with Gasteiger partial charge in [0.1, 0.15) is 23.8 Å². The van der Waals surface area contributed by atoms with Crippen LogP contribution in [0.25, 0.3) is 5.65 Å². The minimum absolute atomic E-state index is 0.0653. The van der Waals surface area contributed by atoms with Gasteiger partial charge in [0.2, 0.25) is 0 Å². The molecule has 3 rings (SSSR count). The number of pyridine rings is 1. The van der Waals surface area contributed by atoms with Crippen molar-refractivity contribution in [1.82, 2.24) is 9.38 Å². The first-order chi connectivity index (χ1) is 10.5. The molecule has 0 aliphatic heterocycles. The highest BCUT2D eigenvalue weighted by Crippen LogP contribution is 2.18. The zero-order valence-electron chi connectivity index (χ0n) is 12.3. The van der Waals surface area contributed by atoms with E-state index in [1.165, 1.54) is 19.1 Å². The lowest BCUT2D eigenvalue weighted by Crippen LogP contribution is -2.00. The number of imidazole rings is 1. The molecule has 0 aliphatic carbocycles. The van der Waals surface area contributed by atoms with Gasteiger partial charge in [-0.25, -0.2) is 9.37 Å². The van der Waals surface area contributed by atoms with E-state index in [4.69, 9.17) is 4.74 Å². The molecule has 0 saturated carbocycles. The Bertz CT molecular complexity index is 855. The van der Waals surface area contributed by atoms with E-state index in [1.807, 2.05) is 35.9 Å². The first kappa shape index (κ1) is 14.3. The van der Waals surface area contributed by atoms with Gasteiger partial charge >= 0.3 is 0 Å². The maximum atomic E-state index is 13.7. The molecule has 0 amide bonds. The summed E-state index contributed by atoms with van der Waals surface area (Å²) in [5, 5.41) is 0. The molecular weight excluding hydrogens is 283 g/mol. The number of ether oxygens (including phenoxy) is 1. The lowest BCUT2D eigenvalue weighted by molar-refractivity contribution is 0.101. The summed E-state index contributed by atoms with van der Waals surface area (Å²) in [7, 11) is 0. The Labute approximate surface area is 127 Å². The fraction of sp³-hybridized carbons (Fsp3) is 0.176. The topological polar surface area (TPSA) is 43.6 Å². The third kappa shape index (κ3) is 2.83. The highest BCUT2D eigenvalue weighted by molar-refractivity contribution is 5.94. The number of fused-ring (bicyclic) bond motifs is 1. The van der Waals surface area contributed by atoms with E-state index in [-0.39, 0.29) is 18.0 Å². The van der Waals surface area contributed by atoms with Gasteiger partial charge in [0.15, 0.2) is 5.78 Å². The Balaban J connectivity index is 1.76. The molecule has 22 heavy (non-hydrogen) atoms. The Morgan fingerprint density at radius 3 is 2.82 bits per heavy atom. The number of hydrogen-bond donors (Lipinski definition) is 0. The van der Waals surface area contributed by atoms with Crippen molar-refractivity contribution in [2.75, 3.05) is 0 Å². The lowest BCUT2D eigenvalue weighted by Gasteiger charge is -2.05. The standard InChI is InChI=1S/C17H15FN2O2/c1-11-3-6-17-19-13(9-20(17)8-11)10-22-14-4-5-15(12(2)21)16(18)7-14/h3-9H,10H2,1-2H3. The van der Waals surface area contributed by atoms with Gasteiger partial charge in [-0.1, -0.05) is 6.07 Å². The second-order valence-corrected chi connectivity index (χ2v) is 5.19. The third-order valence-corrected chi connectivity index (χ3v) is 3.36. The van der Waals surface area contributed by atoms with E-state index in [1.54, 1.807) is 6.07 Å². The molecule has 112 valence electrons. The molecule has 0 unspecified atom stereocenters. The van der Waals surface area contributed by atoms with Crippen LogP contribution in [0.15, 0.2) is 42.7 Å². The minimum atomic E-state index is -0.573. The summed E-state index contributed by atoms with van der Waals surface area (Å²) in [4.78, 5) is 15.6. The van der Waals surface area contributed by atoms with Gasteiger partial charge in [0.05, 0.1) is 11.3 Å².